The van der Waals surface area contributed by atoms with Crippen molar-refractivity contribution >= 4 is 11.4 Å². The van der Waals surface area contributed by atoms with Crippen molar-refractivity contribution < 1.29 is 14.2 Å². The van der Waals surface area contributed by atoms with Gasteiger partial charge in [-0.1, -0.05) is 24.3 Å². The van der Waals surface area contributed by atoms with E-state index in [9.17, 15) is 0 Å². The van der Waals surface area contributed by atoms with Crippen LogP contribution in [0.5, 0.6) is 17.2 Å². The smallest absolute Gasteiger partial charge is 0.205 e. The highest BCUT2D eigenvalue weighted by Gasteiger charge is 2.27. The summed E-state index contributed by atoms with van der Waals surface area (Å²) in [5, 5.41) is 0. The average molecular weight is 502 g/mol. The molecule has 1 saturated carbocycles. The zero-order chi connectivity index (χ0) is 25.5. The fraction of sp³-hybridized carbons (Fsp3) is 0.452. The largest absolute Gasteiger partial charge is 0.490 e. The van der Waals surface area contributed by atoms with Crippen molar-refractivity contribution in [1.82, 2.24) is 9.88 Å². The second-order valence-corrected chi connectivity index (χ2v) is 10.2. The van der Waals surface area contributed by atoms with Gasteiger partial charge in [0, 0.05) is 30.7 Å². The Bertz CT molecular complexity index is 1120. The summed E-state index contributed by atoms with van der Waals surface area (Å²) < 4.78 is 19.1. The van der Waals surface area contributed by atoms with Crippen LogP contribution in [0.3, 0.4) is 0 Å². The first kappa shape index (κ1) is 25.4. The van der Waals surface area contributed by atoms with Gasteiger partial charge in [0.25, 0.3) is 0 Å². The standard InChI is InChI=1S/C31H39N3O3/c1-33-20-9-13-25(33)18-21-36-29-17-16-28(30(31(29)35-2)37-27-14-6-7-15-27)34(26-11-4-3-5-12-26)23-24-10-8-19-32-22-24/h3-5,8,10-12,16-17,19,22,25,27H,6-7,9,13-15,18,20-21,23H2,1-2H3. The molecule has 2 heterocycles. The first-order valence-electron chi connectivity index (χ1n) is 13.6. The van der Waals surface area contributed by atoms with Crippen molar-refractivity contribution in [1.29, 1.82) is 0 Å². The summed E-state index contributed by atoms with van der Waals surface area (Å²) >= 11 is 0. The van der Waals surface area contributed by atoms with Crippen LogP contribution in [0.15, 0.2) is 67.0 Å². The second-order valence-electron chi connectivity index (χ2n) is 10.2. The molecule has 1 aliphatic heterocycles. The molecule has 37 heavy (non-hydrogen) atoms. The van der Waals surface area contributed by atoms with Gasteiger partial charge in [-0.15, -0.1) is 0 Å². The lowest BCUT2D eigenvalue weighted by molar-refractivity contribution is 0.194. The van der Waals surface area contributed by atoms with Gasteiger partial charge in [0.1, 0.15) is 0 Å². The lowest BCUT2D eigenvalue weighted by Gasteiger charge is -2.30. The van der Waals surface area contributed by atoms with Gasteiger partial charge >= 0.3 is 0 Å². The van der Waals surface area contributed by atoms with Gasteiger partial charge in [0.05, 0.1) is 25.5 Å². The molecule has 0 N–H and O–H groups in total. The Morgan fingerprint density at radius 1 is 0.946 bits per heavy atom. The Morgan fingerprint density at radius 2 is 1.78 bits per heavy atom. The number of rotatable bonds is 11. The first-order chi connectivity index (χ1) is 18.2. The number of hydrogen-bond donors (Lipinski definition) is 0. The fourth-order valence-corrected chi connectivity index (χ4v) is 5.59. The third-order valence-corrected chi connectivity index (χ3v) is 7.65. The van der Waals surface area contributed by atoms with Gasteiger partial charge in [-0.3, -0.25) is 4.98 Å². The Balaban J connectivity index is 1.49. The highest BCUT2D eigenvalue weighted by atomic mass is 16.5. The van der Waals surface area contributed by atoms with Crippen LogP contribution in [0, 0.1) is 0 Å². The highest BCUT2D eigenvalue weighted by Crippen LogP contribution is 2.48. The average Bonchev–Trinajstić information content (AvgIpc) is 3.60. The van der Waals surface area contributed by atoms with Crippen molar-refractivity contribution in [3.63, 3.8) is 0 Å². The van der Waals surface area contributed by atoms with Gasteiger partial charge in [0.15, 0.2) is 11.5 Å². The van der Waals surface area contributed by atoms with Gasteiger partial charge in [0.2, 0.25) is 5.75 Å². The zero-order valence-corrected chi connectivity index (χ0v) is 22.1. The van der Waals surface area contributed by atoms with Gasteiger partial charge in [-0.05, 0) is 94.4 Å². The maximum absolute atomic E-state index is 6.74. The Kier molecular flexibility index (Phi) is 8.46. The number of aromatic nitrogens is 1. The van der Waals surface area contributed by atoms with Crippen LogP contribution < -0.4 is 19.1 Å². The molecular formula is C31H39N3O3. The molecule has 0 amide bonds. The Morgan fingerprint density at radius 3 is 2.49 bits per heavy atom. The minimum atomic E-state index is 0.186. The van der Waals surface area contributed by atoms with Crippen molar-refractivity contribution in [2.45, 2.75) is 63.6 Å². The number of anilines is 2. The van der Waals surface area contributed by atoms with Crippen LogP contribution in [0.1, 0.15) is 50.5 Å². The van der Waals surface area contributed by atoms with Gasteiger partial charge in [-0.2, -0.15) is 0 Å². The van der Waals surface area contributed by atoms with Crippen molar-refractivity contribution in [3.05, 3.63) is 72.6 Å². The summed E-state index contributed by atoms with van der Waals surface area (Å²) in [4.78, 5) is 9.06. The van der Waals surface area contributed by atoms with Crippen LogP contribution >= 0.6 is 0 Å². The van der Waals surface area contributed by atoms with E-state index >= 15 is 0 Å². The summed E-state index contributed by atoms with van der Waals surface area (Å²) in [6.07, 6.45) is 12.0. The second kappa shape index (κ2) is 12.3. The van der Waals surface area contributed by atoms with Crippen LogP contribution in [-0.4, -0.2) is 49.3 Å². The summed E-state index contributed by atoms with van der Waals surface area (Å²) in [5.41, 5.74) is 3.18. The van der Waals surface area contributed by atoms with E-state index in [2.05, 4.69) is 58.2 Å². The number of methoxy groups -OCH3 is 1. The van der Waals surface area contributed by atoms with Gasteiger partial charge in [-0.25, -0.2) is 0 Å². The molecule has 1 aliphatic carbocycles. The quantitative estimate of drug-likeness (QED) is 0.295. The van der Waals surface area contributed by atoms with Crippen molar-refractivity contribution in [2.75, 3.05) is 32.2 Å². The fourth-order valence-electron chi connectivity index (χ4n) is 5.59. The highest BCUT2D eigenvalue weighted by molar-refractivity contribution is 5.75. The zero-order valence-electron chi connectivity index (χ0n) is 22.1. The predicted octanol–water partition coefficient (Wildman–Crippen LogP) is 6.61. The van der Waals surface area contributed by atoms with Crippen molar-refractivity contribution in [3.8, 4) is 17.2 Å². The SMILES string of the molecule is COc1c(OCCC2CCCN2C)ccc(N(Cc2cccnc2)c2ccccc2)c1OC1CCCC1. The molecule has 6 nitrogen and oxygen atoms in total. The maximum atomic E-state index is 6.74. The van der Waals surface area contributed by atoms with E-state index in [1.165, 1.54) is 32.2 Å². The minimum absolute atomic E-state index is 0.186. The monoisotopic (exact) mass is 501 g/mol. The number of nitrogens with zero attached hydrogens (tertiary/aromatic N) is 3. The van der Waals surface area contributed by atoms with Crippen LogP contribution in [-0.2, 0) is 6.54 Å². The maximum Gasteiger partial charge on any atom is 0.205 e. The van der Waals surface area contributed by atoms with E-state index in [1.54, 1.807) is 7.11 Å². The molecule has 2 aromatic carbocycles. The van der Waals surface area contributed by atoms with E-state index in [0.29, 0.717) is 24.9 Å². The number of likely N-dealkylation sites (tertiary alicyclic amines) is 1. The number of pyridine rings is 1. The topological polar surface area (TPSA) is 47.1 Å². The molecule has 1 saturated heterocycles. The molecule has 1 aromatic heterocycles. The molecule has 0 bridgehead atoms. The molecule has 0 spiro atoms. The van der Waals surface area contributed by atoms with E-state index in [4.69, 9.17) is 14.2 Å². The lowest BCUT2D eigenvalue weighted by atomic mass is 10.1. The molecule has 3 aromatic rings. The third kappa shape index (κ3) is 6.19. The molecule has 2 fully saturated rings. The number of hydrogen-bond acceptors (Lipinski definition) is 6. The number of benzene rings is 2. The third-order valence-electron chi connectivity index (χ3n) is 7.65. The normalized spacial score (nSPS) is 18.2. The van der Waals surface area contributed by atoms with Crippen LogP contribution in [0.4, 0.5) is 11.4 Å². The van der Waals surface area contributed by atoms with E-state index in [1.807, 2.05) is 30.6 Å². The van der Waals surface area contributed by atoms with Crippen LogP contribution in [0.2, 0.25) is 0 Å². The van der Waals surface area contributed by atoms with Gasteiger partial charge < -0.3 is 24.0 Å². The van der Waals surface area contributed by atoms with E-state index in [-0.39, 0.29) is 6.10 Å². The molecule has 5 rings (SSSR count). The molecular weight excluding hydrogens is 462 g/mol. The first-order valence-corrected chi connectivity index (χ1v) is 13.6. The molecule has 2 aliphatic rings. The summed E-state index contributed by atoms with van der Waals surface area (Å²) in [6.45, 7) is 2.50. The Hall–Kier alpha value is -3.25. The number of ether oxygens (including phenoxy) is 3. The summed E-state index contributed by atoms with van der Waals surface area (Å²) in [7, 11) is 3.92. The molecule has 196 valence electrons. The van der Waals surface area contributed by atoms with E-state index < -0.39 is 0 Å². The van der Waals surface area contributed by atoms with Crippen LogP contribution in [0.25, 0.3) is 0 Å². The summed E-state index contributed by atoms with van der Waals surface area (Å²) in [5.74, 6) is 2.18. The Labute approximate surface area is 221 Å². The van der Waals surface area contributed by atoms with E-state index in [0.717, 1.165) is 47.7 Å². The molecule has 1 unspecified atom stereocenters. The summed E-state index contributed by atoms with van der Waals surface area (Å²) in [6, 6.07) is 19.3. The molecule has 1 atom stereocenters. The molecule has 0 radical (unpaired) electrons. The number of para-hydroxylation sites is 1. The lowest BCUT2D eigenvalue weighted by Crippen LogP contribution is -2.26. The minimum Gasteiger partial charge on any atom is -0.490 e. The van der Waals surface area contributed by atoms with Crippen molar-refractivity contribution in [2.24, 2.45) is 0 Å². The predicted molar refractivity (Wildman–Crippen MR) is 148 cm³/mol. The molecule has 6 heteroatoms.